The molecule has 2 aliphatic rings. The Hall–Kier alpha value is -0.530. The van der Waals surface area contributed by atoms with Gasteiger partial charge in [-0.2, -0.15) is 0 Å². The molecule has 1 amide bonds. The quantitative estimate of drug-likeness (QED) is 0.632. The molecule has 2 heteroatoms. The molecule has 1 spiro atoms. The maximum absolute atomic E-state index is 11.2. The standard InChI is InChI=1S/C10H17NO/c1-2-8-5-10(6-8)3-4-11-9(12)7-10/h8H,2-7H2,1H3,(H,11,12). The predicted octanol–water partition coefficient (Wildman–Crippen LogP) is 1.70. The van der Waals surface area contributed by atoms with Gasteiger partial charge in [0, 0.05) is 13.0 Å². The Labute approximate surface area is 73.7 Å². The third kappa shape index (κ3) is 1.23. The molecule has 0 aromatic carbocycles. The van der Waals surface area contributed by atoms with Gasteiger partial charge in [-0.1, -0.05) is 13.3 Å². The minimum absolute atomic E-state index is 0.274. The molecular formula is C10H17NO. The van der Waals surface area contributed by atoms with Gasteiger partial charge in [-0.25, -0.2) is 0 Å². The minimum atomic E-state index is 0.274. The molecule has 2 fully saturated rings. The molecule has 12 heavy (non-hydrogen) atoms. The van der Waals surface area contributed by atoms with E-state index in [4.69, 9.17) is 0 Å². The monoisotopic (exact) mass is 167 g/mol. The van der Waals surface area contributed by atoms with Crippen LogP contribution in [-0.4, -0.2) is 12.5 Å². The van der Waals surface area contributed by atoms with Crippen molar-refractivity contribution < 1.29 is 4.79 Å². The van der Waals surface area contributed by atoms with Crippen LogP contribution in [0.1, 0.15) is 39.0 Å². The highest BCUT2D eigenvalue weighted by Crippen LogP contribution is 2.52. The van der Waals surface area contributed by atoms with Crippen LogP contribution in [0, 0.1) is 11.3 Å². The van der Waals surface area contributed by atoms with Crippen LogP contribution in [0.2, 0.25) is 0 Å². The maximum Gasteiger partial charge on any atom is 0.220 e. The second-order valence-corrected chi connectivity index (χ2v) is 4.46. The van der Waals surface area contributed by atoms with Gasteiger partial charge in [0.2, 0.25) is 5.91 Å². The van der Waals surface area contributed by atoms with Crippen LogP contribution >= 0.6 is 0 Å². The first-order chi connectivity index (χ1) is 5.74. The molecule has 2 rings (SSSR count). The lowest BCUT2D eigenvalue weighted by Crippen LogP contribution is -2.47. The molecule has 1 aliphatic carbocycles. The Morgan fingerprint density at radius 1 is 1.58 bits per heavy atom. The van der Waals surface area contributed by atoms with Crippen molar-refractivity contribution in [3.8, 4) is 0 Å². The van der Waals surface area contributed by atoms with Crippen LogP contribution in [0.5, 0.6) is 0 Å². The zero-order chi connectivity index (χ0) is 8.60. The number of rotatable bonds is 1. The Morgan fingerprint density at radius 3 is 2.92 bits per heavy atom. The summed E-state index contributed by atoms with van der Waals surface area (Å²) in [7, 11) is 0. The molecule has 1 saturated carbocycles. The van der Waals surface area contributed by atoms with Gasteiger partial charge in [-0.3, -0.25) is 4.79 Å². The van der Waals surface area contributed by atoms with Crippen LogP contribution < -0.4 is 5.32 Å². The number of carbonyl (C=O) groups is 1. The highest BCUT2D eigenvalue weighted by molar-refractivity contribution is 5.77. The molecule has 1 aliphatic heterocycles. The molecule has 1 N–H and O–H groups in total. The molecule has 2 nitrogen and oxygen atoms in total. The van der Waals surface area contributed by atoms with E-state index < -0.39 is 0 Å². The van der Waals surface area contributed by atoms with E-state index in [0.29, 0.717) is 5.41 Å². The first-order valence-electron chi connectivity index (χ1n) is 5.01. The molecular weight excluding hydrogens is 150 g/mol. The van der Waals surface area contributed by atoms with Gasteiger partial charge >= 0.3 is 0 Å². The van der Waals surface area contributed by atoms with E-state index in [1.807, 2.05) is 0 Å². The Balaban J connectivity index is 1.92. The van der Waals surface area contributed by atoms with Crippen molar-refractivity contribution >= 4 is 5.91 Å². The van der Waals surface area contributed by atoms with E-state index in [0.717, 1.165) is 18.9 Å². The van der Waals surface area contributed by atoms with Crippen LogP contribution in [0.4, 0.5) is 0 Å². The average Bonchev–Trinajstić information content (AvgIpc) is 1.99. The third-order valence-corrected chi connectivity index (χ3v) is 3.53. The van der Waals surface area contributed by atoms with Gasteiger partial charge in [-0.05, 0) is 30.6 Å². The van der Waals surface area contributed by atoms with Crippen LogP contribution in [0.15, 0.2) is 0 Å². The SMILES string of the molecule is CCC1CC2(CCNC(=O)C2)C1. The van der Waals surface area contributed by atoms with E-state index in [-0.39, 0.29) is 5.91 Å². The highest BCUT2D eigenvalue weighted by atomic mass is 16.1. The number of carbonyl (C=O) groups excluding carboxylic acids is 1. The largest absolute Gasteiger partial charge is 0.356 e. The summed E-state index contributed by atoms with van der Waals surface area (Å²) in [6, 6.07) is 0. The normalized spacial score (nSPS) is 40.8. The second-order valence-electron chi connectivity index (χ2n) is 4.46. The second kappa shape index (κ2) is 2.75. The Bertz CT molecular complexity index is 194. The van der Waals surface area contributed by atoms with E-state index >= 15 is 0 Å². The molecule has 1 saturated heterocycles. The van der Waals surface area contributed by atoms with Crippen molar-refractivity contribution in [3.63, 3.8) is 0 Å². The van der Waals surface area contributed by atoms with Gasteiger partial charge < -0.3 is 5.32 Å². The minimum Gasteiger partial charge on any atom is -0.356 e. The van der Waals surface area contributed by atoms with Crippen LogP contribution in [0.3, 0.4) is 0 Å². The fraction of sp³-hybridized carbons (Fsp3) is 0.900. The first-order valence-corrected chi connectivity index (χ1v) is 5.01. The lowest BCUT2D eigenvalue weighted by molar-refractivity contribution is -0.129. The van der Waals surface area contributed by atoms with Crippen LogP contribution in [-0.2, 0) is 4.79 Å². The van der Waals surface area contributed by atoms with Crippen molar-refractivity contribution in [1.82, 2.24) is 5.32 Å². The van der Waals surface area contributed by atoms with Crippen molar-refractivity contribution in [2.24, 2.45) is 11.3 Å². The molecule has 0 atom stereocenters. The van der Waals surface area contributed by atoms with E-state index in [1.165, 1.54) is 25.7 Å². The number of piperidine rings is 1. The molecule has 0 aromatic rings. The summed E-state index contributed by atoms with van der Waals surface area (Å²) in [6.07, 6.45) is 5.91. The lowest BCUT2D eigenvalue weighted by Gasteiger charge is -2.49. The van der Waals surface area contributed by atoms with Gasteiger partial charge in [0.15, 0.2) is 0 Å². The predicted molar refractivity (Wildman–Crippen MR) is 47.7 cm³/mol. The number of hydrogen-bond donors (Lipinski definition) is 1. The molecule has 0 bridgehead atoms. The molecule has 68 valence electrons. The van der Waals surface area contributed by atoms with Crippen molar-refractivity contribution in [1.29, 1.82) is 0 Å². The topological polar surface area (TPSA) is 29.1 Å². The smallest absolute Gasteiger partial charge is 0.220 e. The molecule has 0 unspecified atom stereocenters. The molecule has 0 radical (unpaired) electrons. The zero-order valence-corrected chi connectivity index (χ0v) is 7.73. The average molecular weight is 167 g/mol. The van der Waals surface area contributed by atoms with Gasteiger partial charge in [0.1, 0.15) is 0 Å². The summed E-state index contributed by atoms with van der Waals surface area (Å²) in [4.78, 5) is 11.2. The summed E-state index contributed by atoms with van der Waals surface area (Å²) in [6.45, 7) is 3.16. The van der Waals surface area contributed by atoms with Crippen molar-refractivity contribution in [2.75, 3.05) is 6.54 Å². The summed E-state index contributed by atoms with van der Waals surface area (Å²) in [5.74, 6) is 1.19. The summed E-state index contributed by atoms with van der Waals surface area (Å²) in [5, 5.41) is 2.90. The van der Waals surface area contributed by atoms with Gasteiger partial charge in [0.05, 0.1) is 0 Å². The first kappa shape index (κ1) is 8.09. The van der Waals surface area contributed by atoms with E-state index in [1.54, 1.807) is 0 Å². The van der Waals surface area contributed by atoms with Gasteiger partial charge in [-0.15, -0.1) is 0 Å². The Morgan fingerprint density at radius 2 is 2.33 bits per heavy atom. The summed E-state index contributed by atoms with van der Waals surface area (Å²) < 4.78 is 0. The third-order valence-electron chi connectivity index (χ3n) is 3.53. The highest BCUT2D eigenvalue weighted by Gasteiger charge is 2.45. The molecule has 0 aromatic heterocycles. The van der Waals surface area contributed by atoms with Crippen LogP contribution in [0.25, 0.3) is 0 Å². The maximum atomic E-state index is 11.2. The summed E-state index contributed by atoms with van der Waals surface area (Å²) in [5.41, 5.74) is 0.434. The van der Waals surface area contributed by atoms with E-state index in [2.05, 4.69) is 12.2 Å². The van der Waals surface area contributed by atoms with Crippen molar-refractivity contribution in [3.05, 3.63) is 0 Å². The molecule has 1 heterocycles. The fourth-order valence-electron chi connectivity index (χ4n) is 2.76. The van der Waals surface area contributed by atoms with Gasteiger partial charge in [0.25, 0.3) is 0 Å². The summed E-state index contributed by atoms with van der Waals surface area (Å²) >= 11 is 0. The Kier molecular flexibility index (Phi) is 1.85. The lowest BCUT2D eigenvalue weighted by atomic mass is 9.57. The van der Waals surface area contributed by atoms with E-state index in [9.17, 15) is 4.79 Å². The number of nitrogens with one attached hydrogen (secondary N) is 1. The van der Waals surface area contributed by atoms with Crippen molar-refractivity contribution in [2.45, 2.75) is 39.0 Å². The zero-order valence-electron chi connectivity index (χ0n) is 7.73. The number of amides is 1. The fourth-order valence-corrected chi connectivity index (χ4v) is 2.76. The number of hydrogen-bond acceptors (Lipinski definition) is 1.